The van der Waals surface area contributed by atoms with Crippen LogP contribution in [0.15, 0.2) is 88.6 Å². The van der Waals surface area contributed by atoms with Gasteiger partial charge in [-0.15, -0.1) is 0 Å². The molecule has 2 aromatic carbocycles. The fraction of sp³-hybridized carbons (Fsp3) is 0.192. The average Bonchev–Trinajstić information content (AvgIpc) is 3.35. The van der Waals surface area contributed by atoms with Gasteiger partial charge in [0, 0.05) is 36.7 Å². The minimum absolute atomic E-state index is 0.130. The molecule has 0 aliphatic carbocycles. The van der Waals surface area contributed by atoms with Gasteiger partial charge >= 0.3 is 0 Å². The van der Waals surface area contributed by atoms with Crippen LogP contribution in [0.2, 0.25) is 0 Å². The number of anilines is 1. The predicted octanol–water partition coefficient (Wildman–Crippen LogP) is 5.24. The Kier molecular flexibility index (Phi) is 7.42. The van der Waals surface area contributed by atoms with E-state index < -0.39 is 0 Å². The summed E-state index contributed by atoms with van der Waals surface area (Å²) in [5.74, 6) is 2.15. The van der Waals surface area contributed by atoms with Crippen molar-refractivity contribution in [1.29, 1.82) is 0 Å². The third-order valence-corrected chi connectivity index (χ3v) is 5.95. The maximum absolute atomic E-state index is 12.5. The normalized spacial score (nSPS) is 10.7. The zero-order valence-electron chi connectivity index (χ0n) is 18.7. The second kappa shape index (κ2) is 10.8. The second-order valence-corrected chi connectivity index (χ2v) is 8.69. The first-order chi connectivity index (χ1) is 16.1. The maximum atomic E-state index is 12.5. The fourth-order valence-corrected chi connectivity index (χ4v) is 4.20. The van der Waals surface area contributed by atoms with Gasteiger partial charge in [0.05, 0.1) is 12.8 Å². The van der Waals surface area contributed by atoms with Crippen molar-refractivity contribution < 1.29 is 9.21 Å². The van der Waals surface area contributed by atoms with Gasteiger partial charge in [0.15, 0.2) is 5.16 Å². The molecule has 4 rings (SSSR count). The number of aryl methyl sites for hydroxylation is 1. The van der Waals surface area contributed by atoms with Gasteiger partial charge in [-0.2, -0.15) is 0 Å². The number of hydrogen-bond acceptors (Lipinski definition) is 6. The molecule has 6 nitrogen and oxygen atoms in total. The predicted molar refractivity (Wildman–Crippen MR) is 131 cm³/mol. The van der Waals surface area contributed by atoms with Gasteiger partial charge in [0.1, 0.15) is 11.6 Å². The first kappa shape index (κ1) is 22.6. The van der Waals surface area contributed by atoms with Crippen LogP contribution in [0.25, 0.3) is 0 Å². The minimum Gasteiger partial charge on any atom is -0.467 e. The summed E-state index contributed by atoms with van der Waals surface area (Å²) in [5, 5.41) is 3.60. The summed E-state index contributed by atoms with van der Waals surface area (Å²) < 4.78 is 5.26. The van der Waals surface area contributed by atoms with Crippen LogP contribution in [0.1, 0.15) is 32.9 Å². The average molecular weight is 459 g/mol. The number of carbonyl (C=O) groups excluding carboxylic acids is 1. The first-order valence-electron chi connectivity index (χ1n) is 10.7. The van der Waals surface area contributed by atoms with Gasteiger partial charge < -0.3 is 14.6 Å². The summed E-state index contributed by atoms with van der Waals surface area (Å²) in [6, 6.07) is 23.6. The standard InChI is InChI=1S/C26H26N4O2S/c1-19-14-24(30(2)17-20-8-4-3-5-9-20)29-26(28-19)33-18-21-10-6-11-22(15-21)25(31)27-16-23-12-7-13-32-23/h3-15H,16-18H2,1-2H3,(H,27,31). The molecule has 33 heavy (non-hydrogen) atoms. The Bertz CT molecular complexity index is 1200. The van der Waals surface area contributed by atoms with Crippen molar-refractivity contribution in [2.75, 3.05) is 11.9 Å². The summed E-state index contributed by atoms with van der Waals surface area (Å²) in [7, 11) is 2.04. The van der Waals surface area contributed by atoms with Crippen molar-refractivity contribution in [2.24, 2.45) is 0 Å². The molecule has 0 unspecified atom stereocenters. The molecule has 0 aliphatic heterocycles. The van der Waals surface area contributed by atoms with Gasteiger partial charge in [-0.05, 0) is 42.3 Å². The number of nitrogens with zero attached hydrogens (tertiary/aromatic N) is 3. The van der Waals surface area contributed by atoms with E-state index in [0.717, 1.165) is 34.5 Å². The highest BCUT2D eigenvalue weighted by Crippen LogP contribution is 2.23. The Morgan fingerprint density at radius 3 is 2.61 bits per heavy atom. The molecule has 0 bridgehead atoms. The smallest absolute Gasteiger partial charge is 0.251 e. The minimum atomic E-state index is -0.130. The largest absolute Gasteiger partial charge is 0.467 e. The van der Waals surface area contributed by atoms with Crippen LogP contribution in [-0.4, -0.2) is 22.9 Å². The highest BCUT2D eigenvalue weighted by Gasteiger charge is 2.10. The van der Waals surface area contributed by atoms with Crippen LogP contribution in [0.3, 0.4) is 0 Å². The lowest BCUT2D eigenvalue weighted by molar-refractivity contribution is 0.0948. The number of aromatic nitrogens is 2. The van der Waals surface area contributed by atoms with E-state index in [1.165, 1.54) is 5.56 Å². The monoisotopic (exact) mass is 458 g/mol. The highest BCUT2D eigenvalue weighted by atomic mass is 32.2. The Labute approximate surface area is 198 Å². The van der Waals surface area contributed by atoms with E-state index in [1.807, 2.05) is 68.6 Å². The highest BCUT2D eigenvalue weighted by molar-refractivity contribution is 7.98. The number of furan rings is 1. The van der Waals surface area contributed by atoms with Crippen LogP contribution in [-0.2, 0) is 18.8 Å². The number of thioether (sulfide) groups is 1. The van der Waals surface area contributed by atoms with Crippen LogP contribution in [0.5, 0.6) is 0 Å². The zero-order valence-corrected chi connectivity index (χ0v) is 19.5. The lowest BCUT2D eigenvalue weighted by Crippen LogP contribution is -2.22. The molecule has 0 saturated carbocycles. The molecule has 1 amide bonds. The zero-order chi connectivity index (χ0) is 23.0. The molecule has 168 valence electrons. The van der Waals surface area contributed by atoms with Crippen LogP contribution in [0.4, 0.5) is 5.82 Å². The molecule has 0 saturated heterocycles. The van der Waals surface area contributed by atoms with E-state index in [9.17, 15) is 4.79 Å². The molecule has 1 N–H and O–H groups in total. The molecule has 0 aliphatic rings. The van der Waals surface area contributed by atoms with Gasteiger partial charge in [0.25, 0.3) is 5.91 Å². The van der Waals surface area contributed by atoms with Crippen molar-refractivity contribution in [3.05, 3.63) is 107 Å². The molecule has 2 aromatic heterocycles. The van der Waals surface area contributed by atoms with Gasteiger partial charge in [-0.3, -0.25) is 4.79 Å². The topological polar surface area (TPSA) is 71.3 Å². The maximum Gasteiger partial charge on any atom is 0.251 e. The van der Waals surface area contributed by atoms with E-state index in [4.69, 9.17) is 9.40 Å². The van der Waals surface area contributed by atoms with Crippen molar-refractivity contribution in [3.63, 3.8) is 0 Å². The number of benzene rings is 2. The Hall–Kier alpha value is -3.58. The van der Waals surface area contributed by atoms with Gasteiger partial charge in [-0.1, -0.05) is 54.2 Å². The Balaban J connectivity index is 1.38. The molecule has 0 spiro atoms. The number of amides is 1. The number of carbonyl (C=O) groups is 1. The second-order valence-electron chi connectivity index (χ2n) is 7.74. The van der Waals surface area contributed by atoms with E-state index in [1.54, 1.807) is 24.1 Å². The molecular weight excluding hydrogens is 432 g/mol. The third-order valence-electron chi connectivity index (χ3n) is 5.03. The third kappa shape index (κ3) is 6.46. The molecule has 2 heterocycles. The summed E-state index contributed by atoms with van der Waals surface area (Å²) in [4.78, 5) is 24.0. The first-order valence-corrected chi connectivity index (χ1v) is 11.7. The van der Waals surface area contributed by atoms with E-state index >= 15 is 0 Å². The summed E-state index contributed by atoms with van der Waals surface area (Å²) in [5.41, 5.74) is 3.81. The lowest BCUT2D eigenvalue weighted by atomic mass is 10.1. The van der Waals surface area contributed by atoms with Crippen LogP contribution < -0.4 is 10.2 Å². The lowest BCUT2D eigenvalue weighted by Gasteiger charge is -2.19. The molecule has 0 atom stereocenters. The molecule has 0 fully saturated rings. The van der Waals surface area contributed by atoms with Gasteiger partial charge in [-0.25, -0.2) is 9.97 Å². The van der Waals surface area contributed by atoms with Crippen LogP contribution in [0, 0.1) is 6.92 Å². The molecule has 7 heteroatoms. The van der Waals surface area contributed by atoms with Crippen molar-refractivity contribution in [2.45, 2.75) is 30.9 Å². The number of rotatable bonds is 9. The number of hydrogen-bond donors (Lipinski definition) is 1. The summed E-state index contributed by atoms with van der Waals surface area (Å²) in [6.07, 6.45) is 1.59. The van der Waals surface area contributed by atoms with E-state index in [0.29, 0.717) is 17.9 Å². The van der Waals surface area contributed by atoms with Crippen molar-refractivity contribution in [1.82, 2.24) is 15.3 Å². The van der Waals surface area contributed by atoms with Crippen LogP contribution >= 0.6 is 11.8 Å². The number of nitrogens with one attached hydrogen (secondary N) is 1. The fourth-order valence-electron chi connectivity index (χ4n) is 3.36. The summed E-state index contributed by atoms with van der Waals surface area (Å²) >= 11 is 1.56. The van der Waals surface area contributed by atoms with E-state index in [-0.39, 0.29) is 5.91 Å². The SMILES string of the molecule is Cc1cc(N(C)Cc2ccccc2)nc(SCc2cccc(C(=O)NCc3ccco3)c2)n1. The Morgan fingerprint density at radius 1 is 1.00 bits per heavy atom. The van der Waals surface area contributed by atoms with Crippen molar-refractivity contribution in [3.8, 4) is 0 Å². The van der Waals surface area contributed by atoms with E-state index in [2.05, 4.69) is 27.3 Å². The van der Waals surface area contributed by atoms with Crippen molar-refractivity contribution >= 4 is 23.5 Å². The molecule has 0 radical (unpaired) electrons. The van der Waals surface area contributed by atoms with Gasteiger partial charge in [0.2, 0.25) is 0 Å². The quantitative estimate of drug-likeness (QED) is 0.273. The summed E-state index contributed by atoms with van der Waals surface area (Å²) in [6.45, 7) is 3.12. The Morgan fingerprint density at radius 2 is 1.82 bits per heavy atom. The molecule has 4 aromatic rings. The molecular formula is C26H26N4O2S.